The van der Waals surface area contributed by atoms with Crippen molar-refractivity contribution in [2.24, 2.45) is 5.10 Å². The van der Waals surface area contributed by atoms with Crippen molar-refractivity contribution in [1.29, 1.82) is 0 Å². The fourth-order valence-corrected chi connectivity index (χ4v) is 3.32. The SMILES string of the molecule is COc1ccc(Cl)cc1/C=N/Nc1nc(NCc2ccccc2)nc(N2CCOCC2)n1. The molecule has 0 radical (unpaired) electrons. The van der Waals surface area contributed by atoms with Crippen molar-refractivity contribution >= 4 is 35.7 Å². The monoisotopic (exact) mass is 453 g/mol. The lowest BCUT2D eigenvalue weighted by atomic mass is 10.2. The summed E-state index contributed by atoms with van der Waals surface area (Å²) in [7, 11) is 1.60. The van der Waals surface area contributed by atoms with Crippen LogP contribution in [0.1, 0.15) is 11.1 Å². The number of halogens is 1. The molecule has 0 amide bonds. The molecule has 2 aromatic carbocycles. The van der Waals surface area contributed by atoms with Gasteiger partial charge in [0, 0.05) is 30.2 Å². The van der Waals surface area contributed by atoms with E-state index >= 15 is 0 Å². The number of anilines is 3. The quantitative estimate of drug-likeness (QED) is 0.395. The first-order chi connectivity index (χ1) is 15.7. The fraction of sp³-hybridized carbons (Fsp3) is 0.273. The van der Waals surface area contributed by atoms with E-state index in [4.69, 9.17) is 21.1 Å². The molecule has 0 bridgehead atoms. The zero-order valence-electron chi connectivity index (χ0n) is 17.7. The highest BCUT2D eigenvalue weighted by molar-refractivity contribution is 6.30. The van der Waals surface area contributed by atoms with Crippen LogP contribution in [0.2, 0.25) is 5.02 Å². The lowest BCUT2D eigenvalue weighted by molar-refractivity contribution is 0.122. The normalized spacial score (nSPS) is 13.9. The maximum atomic E-state index is 6.09. The van der Waals surface area contributed by atoms with E-state index in [1.165, 1.54) is 0 Å². The molecule has 0 aliphatic carbocycles. The number of aromatic nitrogens is 3. The van der Waals surface area contributed by atoms with Crippen molar-refractivity contribution in [3.05, 3.63) is 64.7 Å². The molecule has 1 saturated heterocycles. The maximum absolute atomic E-state index is 6.09. The maximum Gasteiger partial charge on any atom is 0.250 e. The fourth-order valence-electron chi connectivity index (χ4n) is 3.14. The molecular weight excluding hydrogens is 430 g/mol. The number of methoxy groups -OCH3 is 1. The van der Waals surface area contributed by atoms with Gasteiger partial charge in [0.25, 0.3) is 0 Å². The summed E-state index contributed by atoms with van der Waals surface area (Å²) in [5.74, 6) is 2.02. The number of ether oxygens (including phenoxy) is 2. The molecule has 2 heterocycles. The number of rotatable bonds is 8. The molecule has 1 aliphatic rings. The molecule has 166 valence electrons. The molecular formula is C22H24ClN7O2. The van der Waals surface area contributed by atoms with Crippen LogP contribution in [0, 0.1) is 0 Å². The largest absolute Gasteiger partial charge is 0.496 e. The molecule has 0 atom stereocenters. The number of hydrogen-bond donors (Lipinski definition) is 2. The highest BCUT2D eigenvalue weighted by atomic mass is 35.5. The summed E-state index contributed by atoms with van der Waals surface area (Å²) in [4.78, 5) is 15.6. The Labute approximate surface area is 191 Å². The summed E-state index contributed by atoms with van der Waals surface area (Å²) in [5, 5.41) is 8.13. The van der Waals surface area contributed by atoms with Gasteiger partial charge in [-0.25, -0.2) is 5.43 Å². The minimum atomic E-state index is 0.328. The van der Waals surface area contributed by atoms with E-state index in [2.05, 4.69) is 35.7 Å². The van der Waals surface area contributed by atoms with Crippen LogP contribution in [-0.2, 0) is 11.3 Å². The Morgan fingerprint density at radius 2 is 1.88 bits per heavy atom. The van der Waals surface area contributed by atoms with Gasteiger partial charge in [-0.3, -0.25) is 0 Å². The molecule has 10 heteroatoms. The van der Waals surface area contributed by atoms with Crippen molar-refractivity contribution in [2.45, 2.75) is 6.54 Å². The van der Waals surface area contributed by atoms with E-state index in [-0.39, 0.29) is 0 Å². The minimum Gasteiger partial charge on any atom is -0.496 e. The summed E-state index contributed by atoms with van der Waals surface area (Å²) in [5.41, 5.74) is 4.75. The van der Waals surface area contributed by atoms with Gasteiger partial charge in [-0.2, -0.15) is 20.1 Å². The molecule has 0 saturated carbocycles. The zero-order chi connectivity index (χ0) is 22.2. The van der Waals surface area contributed by atoms with Crippen LogP contribution in [0.3, 0.4) is 0 Å². The Hall–Kier alpha value is -3.43. The Morgan fingerprint density at radius 3 is 2.66 bits per heavy atom. The summed E-state index contributed by atoms with van der Waals surface area (Å²) in [6.07, 6.45) is 1.61. The van der Waals surface area contributed by atoms with Gasteiger partial charge in [-0.15, -0.1) is 0 Å². The van der Waals surface area contributed by atoms with E-state index < -0.39 is 0 Å². The topological polar surface area (TPSA) is 96.8 Å². The van der Waals surface area contributed by atoms with Gasteiger partial charge < -0.3 is 19.7 Å². The van der Waals surface area contributed by atoms with Gasteiger partial charge in [0.05, 0.1) is 26.5 Å². The van der Waals surface area contributed by atoms with Crippen LogP contribution in [-0.4, -0.2) is 54.6 Å². The second-order valence-electron chi connectivity index (χ2n) is 6.98. The summed E-state index contributed by atoms with van der Waals surface area (Å²) in [6.45, 7) is 3.28. The molecule has 0 spiro atoms. The number of morpholine rings is 1. The highest BCUT2D eigenvalue weighted by Gasteiger charge is 2.16. The molecule has 0 unspecified atom stereocenters. The predicted octanol–water partition coefficient (Wildman–Crippen LogP) is 3.43. The number of benzene rings is 2. The van der Waals surface area contributed by atoms with Crippen LogP contribution < -0.4 is 20.4 Å². The van der Waals surface area contributed by atoms with Crippen molar-refractivity contribution in [1.82, 2.24) is 15.0 Å². The van der Waals surface area contributed by atoms with Gasteiger partial charge >= 0.3 is 0 Å². The molecule has 2 N–H and O–H groups in total. The number of hydrazone groups is 1. The summed E-state index contributed by atoms with van der Waals surface area (Å²) < 4.78 is 10.8. The van der Waals surface area contributed by atoms with Gasteiger partial charge in [-0.05, 0) is 23.8 Å². The predicted molar refractivity (Wildman–Crippen MR) is 126 cm³/mol. The van der Waals surface area contributed by atoms with E-state index in [0.717, 1.165) is 11.1 Å². The van der Waals surface area contributed by atoms with Crippen LogP contribution in [0.25, 0.3) is 0 Å². The smallest absolute Gasteiger partial charge is 0.250 e. The number of hydrogen-bond acceptors (Lipinski definition) is 9. The Morgan fingerprint density at radius 1 is 1.09 bits per heavy atom. The lowest BCUT2D eigenvalue weighted by Gasteiger charge is -2.27. The third-order valence-electron chi connectivity index (χ3n) is 4.77. The van der Waals surface area contributed by atoms with Gasteiger partial charge in [-0.1, -0.05) is 41.9 Å². The van der Waals surface area contributed by atoms with Gasteiger partial charge in [0.15, 0.2) is 0 Å². The molecule has 1 aliphatic heterocycles. The van der Waals surface area contributed by atoms with Crippen molar-refractivity contribution in [3.8, 4) is 5.75 Å². The molecule has 1 fully saturated rings. The number of nitrogens with zero attached hydrogens (tertiary/aromatic N) is 5. The van der Waals surface area contributed by atoms with Crippen molar-refractivity contribution in [2.75, 3.05) is 49.1 Å². The molecule has 4 rings (SSSR count). The average Bonchev–Trinajstić information content (AvgIpc) is 2.84. The summed E-state index contributed by atoms with van der Waals surface area (Å²) >= 11 is 6.09. The average molecular weight is 454 g/mol. The van der Waals surface area contributed by atoms with Crippen LogP contribution in [0.5, 0.6) is 5.75 Å². The van der Waals surface area contributed by atoms with E-state index in [0.29, 0.717) is 61.5 Å². The Balaban J connectivity index is 1.53. The lowest BCUT2D eigenvalue weighted by Crippen LogP contribution is -2.37. The standard InChI is InChI=1S/C22H24ClN7O2/c1-31-19-8-7-18(23)13-17(19)15-25-29-21-26-20(24-14-16-5-3-2-4-6-16)27-22(28-21)30-9-11-32-12-10-30/h2-8,13,15H,9-12,14H2,1H3,(H2,24,26,27,28,29)/b25-15+. The molecule has 1 aromatic heterocycles. The van der Waals surface area contributed by atoms with Crippen molar-refractivity contribution < 1.29 is 9.47 Å². The summed E-state index contributed by atoms with van der Waals surface area (Å²) in [6, 6.07) is 15.4. The Bertz CT molecular complexity index is 1060. The zero-order valence-corrected chi connectivity index (χ0v) is 18.4. The first kappa shape index (κ1) is 21.8. The second kappa shape index (κ2) is 10.7. The van der Waals surface area contributed by atoms with E-state index in [9.17, 15) is 0 Å². The Kier molecular flexibility index (Phi) is 7.31. The third kappa shape index (κ3) is 5.83. The minimum absolute atomic E-state index is 0.328. The molecule has 9 nitrogen and oxygen atoms in total. The van der Waals surface area contributed by atoms with Crippen molar-refractivity contribution in [3.63, 3.8) is 0 Å². The van der Waals surface area contributed by atoms with E-state index in [1.54, 1.807) is 31.5 Å². The second-order valence-corrected chi connectivity index (χ2v) is 7.41. The highest BCUT2D eigenvalue weighted by Crippen LogP contribution is 2.21. The molecule has 3 aromatic rings. The first-order valence-electron chi connectivity index (χ1n) is 10.2. The van der Waals surface area contributed by atoms with Crippen LogP contribution in [0.15, 0.2) is 53.6 Å². The number of nitrogens with one attached hydrogen (secondary N) is 2. The van der Waals surface area contributed by atoms with E-state index in [1.807, 2.05) is 30.3 Å². The first-order valence-corrected chi connectivity index (χ1v) is 10.6. The molecule has 32 heavy (non-hydrogen) atoms. The van der Waals surface area contributed by atoms with Crippen LogP contribution >= 0.6 is 11.6 Å². The van der Waals surface area contributed by atoms with Gasteiger partial charge in [0.2, 0.25) is 17.8 Å². The van der Waals surface area contributed by atoms with Gasteiger partial charge in [0.1, 0.15) is 5.75 Å². The third-order valence-corrected chi connectivity index (χ3v) is 5.01. The van der Waals surface area contributed by atoms with Crippen LogP contribution in [0.4, 0.5) is 17.8 Å².